The Morgan fingerprint density at radius 2 is 2.17 bits per heavy atom. The molecule has 4 heteroatoms. The highest BCUT2D eigenvalue weighted by Crippen LogP contribution is 2.36. The van der Waals surface area contributed by atoms with Crippen LogP contribution < -0.4 is 10.1 Å². The Balaban J connectivity index is 2.10. The molecule has 2 unspecified atom stereocenters. The standard InChI is InChI=1S/C20H31NO3/c1-5-12-23-18-10-9-17(13-16(18)4)21-19(22)20(24-6-2)11-7-8-15(3)14-20/h9-10,13,15H,5-8,11-12,14H2,1-4H3,(H,21,22). The number of ether oxygens (including phenoxy) is 2. The summed E-state index contributed by atoms with van der Waals surface area (Å²) in [6.07, 6.45) is 4.78. The van der Waals surface area contributed by atoms with Crippen molar-refractivity contribution in [2.75, 3.05) is 18.5 Å². The van der Waals surface area contributed by atoms with E-state index in [-0.39, 0.29) is 5.91 Å². The molecule has 1 aromatic rings. The lowest BCUT2D eigenvalue weighted by molar-refractivity contribution is -0.147. The van der Waals surface area contributed by atoms with E-state index in [0.29, 0.717) is 19.1 Å². The minimum absolute atomic E-state index is 0.0162. The molecule has 0 saturated heterocycles. The van der Waals surface area contributed by atoms with Gasteiger partial charge in [-0.3, -0.25) is 4.79 Å². The number of amides is 1. The summed E-state index contributed by atoms with van der Waals surface area (Å²) in [6.45, 7) is 9.51. The number of hydrogen-bond donors (Lipinski definition) is 1. The Kier molecular flexibility index (Phi) is 6.67. The molecule has 0 heterocycles. The van der Waals surface area contributed by atoms with Crippen LogP contribution in [-0.4, -0.2) is 24.7 Å². The zero-order valence-electron chi connectivity index (χ0n) is 15.5. The van der Waals surface area contributed by atoms with Crippen LogP contribution >= 0.6 is 0 Å². The summed E-state index contributed by atoms with van der Waals surface area (Å²) in [6, 6.07) is 5.80. The number of carbonyl (C=O) groups excluding carboxylic acids is 1. The fraction of sp³-hybridized carbons (Fsp3) is 0.650. The van der Waals surface area contributed by atoms with Crippen LogP contribution in [0.5, 0.6) is 5.75 Å². The predicted octanol–water partition coefficient (Wildman–Crippen LogP) is 4.71. The van der Waals surface area contributed by atoms with Crippen LogP contribution in [0.3, 0.4) is 0 Å². The summed E-state index contributed by atoms with van der Waals surface area (Å²) in [5, 5.41) is 3.06. The van der Waals surface area contributed by atoms with Crippen molar-refractivity contribution in [3.05, 3.63) is 23.8 Å². The van der Waals surface area contributed by atoms with Crippen molar-refractivity contribution in [3.63, 3.8) is 0 Å². The van der Waals surface area contributed by atoms with E-state index >= 15 is 0 Å². The van der Waals surface area contributed by atoms with Crippen LogP contribution in [0.25, 0.3) is 0 Å². The Bertz CT molecular complexity index is 554. The van der Waals surface area contributed by atoms with Crippen molar-refractivity contribution in [1.29, 1.82) is 0 Å². The Labute approximate surface area is 145 Å². The van der Waals surface area contributed by atoms with E-state index in [2.05, 4.69) is 19.2 Å². The monoisotopic (exact) mass is 333 g/mol. The van der Waals surface area contributed by atoms with Crippen LogP contribution in [0, 0.1) is 12.8 Å². The topological polar surface area (TPSA) is 47.6 Å². The molecule has 1 saturated carbocycles. The minimum Gasteiger partial charge on any atom is -0.493 e. The molecule has 1 amide bonds. The van der Waals surface area contributed by atoms with Crippen LogP contribution in [-0.2, 0) is 9.53 Å². The van der Waals surface area contributed by atoms with Gasteiger partial charge in [-0.25, -0.2) is 0 Å². The fourth-order valence-corrected chi connectivity index (χ4v) is 3.53. The first kappa shape index (κ1) is 18.8. The summed E-state index contributed by atoms with van der Waals surface area (Å²) < 4.78 is 11.6. The van der Waals surface area contributed by atoms with Gasteiger partial charge in [0.05, 0.1) is 6.61 Å². The van der Waals surface area contributed by atoms with E-state index in [0.717, 1.165) is 42.7 Å². The largest absolute Gasteiger partial charge is 0.493 e. The van der Waals surface area contributed by atoms with E-state index < -0.39 is 5.60 Å². The third kappa shape index (κ3) is 4.50. The number of nitrogens with one attached hydrogen (secondary N) is 1. The van der Waals surface area contributed by atoms with Gasteiger partial charge < -0.3 is 14.8 Å². The number of hydrogen-bond acceptors (Lipinski definition) is 3. The number of rotatable bonds is 7. The van der Waals surface area contributed by atoms with Crippen molar-refractivity contribution in [3.8, 4) is 5.75 Å². The Morgan fingerprint density at radius 1 is 1.38 bits per heavy atom. The van der Waals surface area contributed by atoms with Crippen LogP contribution in [0.4, 0.5) is 5.69 Å². The van der Waals surface area contributed by atoms with E-state index in [1.54, 1.807) is 0 Å². The van der Waals surface area contributed by atoms with Gasteiger partial charge >= 0.3 is 0 Å². The zero-order valence-corrected chi connectivity index (χ0v) is 15.5. The van der Waals surface area contributed by atoms with Gasteiger partial charge in [0, 0.05) is 12.3 Å². The van der Waals surface area contributed by atoms with Gasteiger partial charge in [-0.15, -0.1) is 0 Å². The molecule has 1 fully saturated rings. The van der Waals surface area contributed by atoms with Crippen molar-refractivity contribution in [2.24, 2.45) is 5.92 Å². The van der Waals surface area contributed by atoms with E-state index in [9.17, 15) is 4.79 Å². The summed E-state index contributed by atoms with van der Waals surface area (Å²) in [5.74, 6) is 1.38. The highest BCUT2D eigenvalue weighted by molar-refractivity contribution is 5.97. The van der Waals surface area contributed by atoms with E-state index in [4.69, 9.17) is 9.47 Å². The first-order valence-electron chi connectivity index (χ1n) is 9.19. The van der Waals surface area contributed by atoms with Crippen molar-refractivity contribution in [1.82, 2.24) is 0 Å². The molecule has 24 heavy (non-hydrogen) atoms. The summed E-state index contributed by atoms with van der Waals surface area (Å²) in [7, 11) is 0. The SMILES string of the molecule is CCCOc1ccc(NC(=O)C2(OCC)CCCC(C)C2)cc1C. The third-order valence-corrected chi connectivity index (χ3v) is 4.68. The molecule has 1 N–H and O–H groups in total. The maximum absolute atomic E-state index is 12.9. The van der Waals surface area contributed by atoms with E-state index in [1.807, 2.05) is 32.0 Å². The number of aryl methyl sites for hydroxylation is 1. The van der Waals surface area contributed by atoms with E-state index in [1.165, 1.54) is 6.42 Å². The first-order chi connectivity index (χ1) is 11.5. The van der Waals surface area contributed by atoms with Gasteiger partial charge in [0.2, 0.25) is 0 Å². The van der Waals surface area contributed by atoms with Crippen molar-refractivity contribution < 1.29 is 14.3 Å². The molecule has 0 radical (unpaired) electrons. The molecule has 1 aliphatic rings. The molecular weight excluding hydrogens is 302 g/mol. The molecule has 1 aromatic carbocycles. The van der Waals surface area contributed by atoms with Crippen molar-refractivity contribution in [2.45, 2.75) is 65.4 Å². The molecule has 2 rings (SSSR count). The quantitative estimate of drug-likeness (QED) is 0.786. The molecule has 1 aliphatic carbocycles. The van der Waals surface area contributed by atoms with Gasteiger partial charge in [0.15, 0.2) is 0 Å². The van der Waals surface area contributed by atoms with Gasteiger partial charge in [-0.2, -0.15) is 0 Å². The Morgan fingerprint density at radius 3 is 2.79 bits per heavy atom. The lowest BCUT2D eigenvalue weighted by Crippen LogP contribution is -2.48. The molecule has 0 bridgehead atoms. The highest BCUT2D eigenvalue weighted by Gasteiger charge is 2.42. The summed E-state index contributed by atoms with van der Waals surface area (Å²) in [5.41, 5.74) is 1.15. The van der Waals surface area contributed by atoms with Gasteiger partial charge in [0.1, 0.15) is 11.4 Å². The van der Waals surface area contributed by atoms with Crippen molar-refractivity contribution >= 4 is 11.6 Å². The first-order valence-corrected chi connectivity index (χ1v) is 9.19. The molecule has 4 nitrogen and oxygen atoms in total. The third-order valence-electron chi connectivity index (χ3n) is 4.68. The summed E-state index contributed by atoms with van der Waals surface area (Å²) >= 11 is 0. The maximum atomic E-state index is 12.9. The molecule has 0 aliphatic heterocycles. The molecule has 0 spiro atoms. The van der Waals surface area contributed by atoms with Gasteiger partial charge in [0.25, 0.3) is 5.91 Å². The predicted molar refractivity (Wildman–Crippen MR) is 97.6 cm³/mol. The zero-order chi connectivity index (χ0) is 17.6. The smallest absolute Gasteiger partial charge is 0.256 e. The van der Waals surface area contributed by atoms with Crippen LogP contribution in [0.1, 0.15) is 58.4 Å². The molecule has 0 aromatic heterocycles. The second-order valence-corrected chi connectivity index (χ2v) is 6.91. The van der Waals surface area contributed by atoms with Crippen LogP contribution in [0.2, 0.25) is 0 Å². The normalized spacial score (nSPS) is 23.8. The fourth-order valence-electron chi connectivity index (χ4n) is 3.53. The second kappa shape index (κ2) is 8.52. The lowest BCUT2D eigenvalue weighted by atomic mass is 9.78. The second-order valence-electron chi connectivity index (χ2n) is 6.91. The molecule has 2 atom stereocenters. The molecule has 134 valence electrons. The highest BCUT2D eigenvalue weighted by atomic mass is 16.5. The average molecular weight is 333 g/mol. The minimum atomic E-state index is -0.683. The number of carbonyl (C=O) groups is 1. The average Bonchev–Trinajstić information content (AvgIpc) is 2.54. The number of anilines is 1. The van der Waals surface area contributed by atoms with Gasteiger partial charge in [-0.1, -0.05) is 20.3 Å². The molecular formula is C20H31NO3. The van der Waals surface area contributed by atoms with Gasteiger partial charge in [-0.05, 0) is 69.2 Å². The van der Waals surface area contributed by atoms with Crippen LogP contribution in [0.15, 0.2) is 18.2 Å². The summed E-state index contributed by atoms with van der Waals surface area (Å²) in [4.78, 5) is 12.9. The maximum Gasteiger partial charge on any atom is 0.256 e. The lowest BCUT2D eigenvalue weighted by Gasteiger charge is -2.38. The number of benzene rings is 1. The Hall–Kier alpha value is -1.55.